The summed E-state index contributed by atoms with van der Waals surface area (Å²) in [5.74, 6) is -0.774. The molecule has 1 unspecified atom stereocenters. The minimum absolute atomic E-state index is 0.222. The molecule has 90 valence electrons. The topological polar surface area (TPSA) is 54.3 Å². The lowest BCUT2D eigenvalue weighted by atomic mass is 9.93. The van der Waals surface area contributed by atoms with E-state index in [4.69, 9.17) is 5.11 Å². The van der Waals surface area contributed by atoms with Crippen molar-refractivity contribution in [2.45, 2.75) is 33.4 Å². The molecular weight excluding hydrogens is 204 g/mol. The van der Waals surface area contributed by atoms with Gasteiger partial charge >= 0.3 is 5.97 Å². The van der Waals surface area contributed by atoms with E-state index >= 15 is 0 Å². The molecule has 0 radical (unpaired) electrons. The smallest absolute Gasteiger partial charge is 0.310 e. The Labute approximate surface area is 96.3 Å². The van der Waals surface area contributed by atoms with Crippen LogP contribution in [-0.2, 0) is 11.3 Å². The third-order valence-corrected chi connectivity index (χ3v) is 2.89. The summed E-state index contributed by atoms with van der Waals surface area (Å²) < 4.78 is 2.00. The Balaban J connectivity index is 2.90. The zero-order chi connectivity index (χ0) is 12.3. The Morgan fingerprint density at radius 1 is 1.62 bits per heavy atom. The molecular formula is C12H20N2O2. The normalized spacial score (nSPS) is 13.8. The number of aliphatic carboxylic acids is 1. The largest absolute Gasteiger partial charge is 0.481 e. The van der Waals surface area contributed by atoms with Crippen LogP contribution in [0.4, 0.5) is 0 Å². The van der Waals surface area contributed by atoms with Crippen molar-refractivity contribution in [3.63, 3.8) is 0 Å². The van der Waals surface area contributed by atoms with Crippen LogP contribution in [0, 0.1) is 5.41 Å². The van der Waals surface area contributed by atoms with Crippen LogP contribution in [0.5, 0.6) is 0 Å². The van der Waals surface area contributed by atoms with E-state index in [2.05, 4.69) is 12.2 Å². The third kappa shape index (κ3) is 2.64. The summed E-state index contributed by atoms with van der Waals surface area (Å²) in [6.45, 7) is 6.02. The van der Waals surface area contributed by atoms with Gasteiger partial charge in [0.05, 0.1) is 5.41 Å². The molecule has 0 bridgehead atoms. The molecule has 16 heavy (non-hydrogen) atoms. The molecule has 4 nitrogen and oxygen atoms in total. The lowest BCUT2D eigenvalue weighted by molar-refractivity contribution is -0.147. The van der Waals surface area contributed by atoms with Gasteiger partial charge in [-0.05, 0) is 40.0 Å². The van der Waals surface area contributed by atoms with Gasteiger partial charge in [-0.2, -0.15) is 0 Å². The van der Waals surface area contributed by atoms with Gasteiger partial charge in [-0.25, -0.2) is 0 Å². The minimum atomic E-state index is -0.774. The van der Waals surface area contributed by atoms with Gasteiger partial charge in [0.15, 0.2) is 0 Å². The molecule has 1 rings (SSSR count). The first kappa shape index (κ1) is 12.8. The highest BCUT2D eigenvalue weighted by Crippen LogP contribution is 2.22. The summed E-state index contributed by atoms with van der Waals surface area (Å²) in [5.41, 5.74) is 0.359. The number of aromatic nitrogens is 1. The van der Waals surface area contributed by atoms with Crippen LogP contribution in [0.15, 0.2) is 18.3 Å². The highest BCUT2D eigenvalue weighted by atomic mass is 16.4. The van der Waals surface area contributed by atoms with Gasteiger partial charge in [0, 0.05) is 24.5 Å². The second-order valence-corrected chi connectivity index (χ2v) is 4.76. The molecule has 1 atom stereocenters. The van der Waals surface area contributed by atoms with Crippen molar-refractivity contribution in [3.8, 4) is 0 Å². The Morgan fingerprint density at radius 3 is 2.75 bits per heavy atom. The number of carboxylic acids is 1. The lowest BCUT2D eigenvalue weighted by Crippen LogP contribution is -2.30. The molecule has 1 aromatic heterocycles. The minimum Gasteiger partial charge on any atom is -0.481 e. The Morgan fingerprint density at radius 2 is 2.25 bits per heavy atom. The summed E-state index contributed by atoms with van der Waals surface area (Å²) in [6.07, 6.45) is 1.92. The SMILES string of the molecule is CNC(C)c1cccn1CC(C)(C)C(=O)O. The van der Waals surface area contributed by atoms with Crippen molar-refractivity contribution >= 4 is 5.97 Å². The summed E-state index contributed by atoms with van der Waals surface area (Å²) in [4.78, 5) is 11.1. The van der Waals surface area contributed by atoms with Crippen molar-refractivity contribution in [1.82, 2.24) is 9.88 Å². The molecule has 1 aromatic rings. The average molecular weight is 224 g/mol. The van der Waals surface area contributed by atoms with Crippen LogP contribution in [-0.4, -0.2) is 22.7 Å². The molecule has 0 aromatic carbocycles. The van der Waals surface area contributed by atoms with Crippen LogP contribution in [0.3, 0.4) is 0 Å². The predicted octanol–water partition coefficient (Wildman–Crippen LogP) is 1.88. The van der Waals surface area contributed by atoms with E-state index in [1.54, 1.807) is 13.8 Å². The van der Waals surface area contributed by atoms with Gasteiger partial charge in [-0.15, -0.1) is 0 Å². The van der Waals surface area contributed by atoms with Crippen molar-refractivity contribution in [1.29, 1.82) is 0 Å². The van der Waals surface area contributed by atoms with E-state index in [9.17, 15) is 4.79 Å². The third-order valence-electron chi connectivity index (χ3n) is 2.89. The second kappa shape index (κ2) is 4.70. The fourth-order valence-electron chi connectivity index (χ4n) is 1.61. The summed E-state index contributed by atoms with van der Waals surface area (Å²) in [6, 6.07) is 4.18. The van der Waals surface area contributed by atoms with E-state index in [0.29, 0.717) is 6.54 Å². The molecule has 0 saturated heterocycles. The van der Waals surface area contributed by atoms with Gasteiger partial charge in [0.25, 0.3) is 0 Å². The quantitative estimate of drug-likeness (QED) is 0.803. The highest BCUT2D eigenvalue weighted by Gasteiger charge is 2.28. The first-order chi connectivity index (χ1) is 7.38. The van der Waals surface area contributed by atoms with Crippen molar-refractivity contribution in [3.05, 3.63) is 24.0 Å². The fourth-order valence-corrected chi connectivity index (χ4v) is 1.61. The van der Waals surface area contributed by atoms with Crippen LogP contribution >= 0.6 is 0 Å². The molecule has 0 fully saturated rings. The Kier molecular flexibility index (Phi) is 3.75. The number of carbonyl (C=O) groups is 1. The summed E-state index contributed by atoms with van der Waals surface area (Å²) in [7, 11) is 1.89. The van der Waals surface area contributed by atoms with Crippen LogP contribution in [0.2, 0.25) is 0 Å². The molecule has 0 amide bonds. The molecule has 2 N–H and O–H groups in total. The molecule has 0 aliphatic heterocycles. The van der Waals surface area contributed by atoms with Gasteiger partial charge in [-0.3, -0.25) is 4.79 Å². The van der Waals surface area contributed by atoms with Crippen LogP contribution < -0.4 is 5.32 Å². The van der Waals surface area contributed by atoms with E-state index in [1.807, 2.05) is 29.9 Å². The first-order valence-electron chi connectivity index (χ1n) is 5.44. The van der Waals surface area contributed by atoms with E-state index in [-0.39, 0.29) is 6.04 Å². The number of carboxylic acid groups (broad SMARTS) is 1. The van der Waals surface area contributed by atoms with E-state index < -0.39 is 11.4 Å². The monoisotopic (exact) mass is 224 g/mol. The van der Waals surface area contributed by atoms with Crippen LogP contribution in [0.25, 0.3) is 0 Å². The molecule has 4 heteroatoms. The highest BCUT2D eigenvalue weighted by molar-refractivity contribution is 5.73. The fraction of sp³-hybridized carbons (Fsp3) is 0.583. The molecule has 1 heterocycles. The Bertz CT molecular complexity index is 369. The maximum absolute atomic E-state index is 11.1. The number of nitrogens with one attached hydrogen (secondary N) is 1. The molecule has 0 aliphatic carbocycles. The summed E-state index contributed by atoms with van der Waals surface area (Å²) >= 11 is 0. The zero-order valence-corrected chi connectivity index (χ0v) is 10.3. The van der Waals surface area contributed by atoms with Gasteiger partial charge < -0.3 is 15.0 Å². The maximum atomic E-state index is 11.1. The number of hydrogen-bond donors (Lipinski definition) is 2. The van der Waals surface area contributed by atoms with Crippen molar-refractivity contribution in [2.24, 2.45) is 5.41 Å². The molecule has 0 saturated carbocycles. The first-order valence-corrected chi connectivity index (χ1v) is 5.44. The number of nitrogens with zero attached hydrogens (tertiary/aromatic N) is 1. The van der Waals surface area contributed by atoms with Gasteiger partial charge in [-0.1, -0.05) is 0 Å². The maximum Gasteiger partial charge on any atom is 0.310 e. The van der Waals surface area contributed by atoms with Crippen molar-refractivity contribution in [2.75, 3.05) is 7.05 Å². The van der Waals surface area contributed by atoms with E-state index in [1.165, 1.54) is 0 Å². The van der Waals surface area contributed by atoms with Gasteiger partial charge in [0.2, 0.25) is 0 Å². The predicted molar refractivity (Wildman–Crippen MR) is 63.3 cm³/mol. The zero-order valence-electron chi connectivity index (χ0n) is 10.3. The number of hydrogen-bond acceptors (Lipinski definition) is 2. The number of rotatable bonds is 5. The molecule has 0 spiro atoms. The standard InChI is InChI=1S/C12H20N2O2/c1-9(13-4)10-6-5-7-14(10)8-12(2,3)11(15)16/h5-7,9,13H,8H2,1-4H3,(H,15,16). The average Bonchev–Trinajstić information content (AvgIpc) is 2.63. The van der Waals surface area contributed by atoms with Crippen LogP contribution in [0.1, 0.15) is 32.5 Å². The molecule has 0 aliphatic rings. The van der Waals surface area contributed by atoms with Gasteiger partial charge in [0.1, 0.15) is 0 Å². The van der Waals surface area contributed by atoms with Crippen molar-refractivity contribution < 1.29 is 9.90 Å². The second-order valence-electron chi connectivity index (χ2n) is 4.76. The van der Waals surface area contributed by atoms with E-state index in [0.717, 1.165) is 5.69 Å². The Hall–Kier alpha value is -1.29. The lowest BCUT2D eigenvalue weighted by Gasteiger charge is -2.23. The summed E-state index contributed by atoms with van der Waals surface area (Å²) in [5, 5.41) is 12.3.